The fourth-order valence-corrected chi connectivity index (χ4v) is 2.28. The number of carbonyl (C=O) groups is 1. The number of nitrogens with one attached hydrogen (secondary N) is 1. The van der Waals surface area contributed by atoms with E-state index >= 15 is 0 Å². The van der Waals surface area contributed by atoms with Crippen molar-refractivity contribution in [3.8, 4) is 11.5 Å². The van der Waals surface area contributed by atoms with Gasteiger partial charge in [0.15, 0.2) is 16.6 Å². The van der Waals surface area contributed by atoms with E-state index in [9.17, 15) is 4.79 Å². The van der Waals surface area contributed by atoms with Crippen LogP contribution in [0.15, 0.2) is 42.5 Å². The number of thiocarbonyl (C=S) groups is 1. The highest BCUT2D eigenvalue weighted by atomic mass is 32.1. The van der Waals surface area contributed by atoms with E-state index in [1.807, 2.05) is 32.0 Å². The molecule has 2 rings (SSSR count). The van der Waals surface area contributed by atoms with Crippen molar-refractivity contribution in [2.45, 2.75) is 20.5 Å². The van der Waals surface area contributed by atoms with Gasteiger partial charge in [-0.3, -0.25) is 10.1 Å². The molecule has 0 saturated carbocycles. The second-order valence-corrected chi connectivity index (χ2v) is 5.63. The summed E-state index contributed by atoms with van der Waals surface area (Å²) in [6.45, 7) is 4.78. The number of hydrogen-bond donors (Lipinski definition) is 2. The largest absolute Gasteiger partial charge is 0.490 e. The van der Waals surface area contributed by atoms with Crippen LogP contribution in [0.4, 0.5) is 0 Å². The first-order valence-corrected chi connectivity index (χ1v) is 7.96. The van der Waals surface area contributed by atoms with Gasteiger partial charge in [0.1, 0.15) is 6.61 Å². The van der Waals surface area contributed by atoms with Crippen molar-refractivity contribution < 1.29 is 14.3 Å². The van der Waals surface area contributed by atoms with Crippen molar-refractivity contribution >= 4 is 23.2 Å². The molecule has 0 radical (unpaired) electrons. The highest BCUT2D eigenvalue weighted by molar-refractivity contribution is 7.80. The Morgan fingerprint density at radius 1 is 1.17 bits per heavy atom. The fourth-order valence-electron chi connectivity index (χ4n) is 2.18. The Morgan fingerprint density at radius 2 is 1.96 bits per heavy atom. The summed E-state index contributed by atoms with van der Waals surface area (Å²) in [4.78, 5) is 12.0. The second kappa shape index (κ2) is 8.31. The number of amides is 1. The number of ether oxygens (including phenoxy) is 2. The second-order valence-electron chi connectivity index (χ2n) is 5.19. The van der Waals surface area contributed by atoms with Crippen LogP contribution in [0.1, 0.15) is 28.4 Å². The molecule has 0 saturated heterocycles. The summed E-state index contributed by atoms with van der Waals surface area (Å²) >= 11 is 4.68. The zero-order valence-electron chi connectivity index (χ0n) is 13.7. The van der Waals surface area contributed by atoms with Gasteiger partial charge in [-0.05, 0) is 49.8 Å². The maximum Gasteiger partial charge on any atom is 0.257 e. The van der Waals surface area contributed by atoms with Crippen molar-refractivity contribution in [3.05, 3.63) is 59.2 Å². The molecule has 2 aromatic carbocycles. The molecule has 24 heavy (non-hydrogen) atoms. The van der Waals surface area contributed by atoms with Gasteiger partial charge in [-0.25, -0.2) is 0 Å². The normalized spacial score (nSPS) is 10.1. The average molecular weight is 344 g/mol. The lowest BCUT2D eigenvalue weighted by atomic mass is 10.1. The molecule has 2 aromatic rings. The Morgan fingerprint density at radius 3 is 2.62 bits per heavy atom. The van der Waals surface area contributed by atoms with Gasteiger partial charge in [-0.1, -0.05) is 29.8 Å². The molecule has 0 aliphatic rings. The predicted molar refractivity (Wildman–Crippen MR) is 97.4 cm³/mol. The zero-order chi connectivity index (χ0) is 17.5. The van der Waals surface area contributed by atoms with Gasteiger partial charge in [0.25, 0.3) is 5.91 Å². The minimum atomic E-state index is -0.381. The van der Waals surface area contributed by atoms with Gasteiger partial charge < -0.3 is 15.2 Å². The lowest BCUT2D eigenvalue weighted by Gasteiger charge is -2.13. The average Bonchev–Trinajstić information content (AvgIpc) is 2.53. The lowest BCUT2D eigenvalue weighted by Crippen LogP contribution is -2.34. The molecule has 0 bridgehead atoms. The first kappa shape index (κ1) is 17.7. The van der Waals surface area contributed by atoms with E-state index < -0.39 is 0 Å². The van der Waals surface area contributed by atoms with Crippen molar-refractivity contribution in [1.82, 2.24) is 5.32 Å². The Hall–Kier alpha value is -2.60. The fraction of sp³-hybridized carbons (Fsp3) is 0.222. The van der Waals surface area contributed by atoms with Gasteiger partial charge in [-0.2, -0.15) is 0 Å². The van der Waals surface area contributed by atoms with E-state index in [0.29, 0.717) is 30.3 Å². The topological polar surface area (TPSA) is 73.6 Å². The first-order chi connectivity index (χ1) is 11.5. The van der Waals surface area contributed by atoms with Crippen LogP contribution in [0.2, 0.25) is 0 Å². The minimum Gasteiger partial charge on any atom is -0.490 e. The SMILES string of the molecule is CCOc1cc(C(=O)NC(N)=S)ccc1OCc1cccc(C)c1. The maximum absolute atomic E-state index is 12.0. The minimum absolute atomic E-state index is 0.0715. The summed E-state index contributed by atoms with van der Waals surface area (Å²) in [7, 11) is 0. The van der Waals surface area contributed by atoms with E-state index in [2.05, 4.69) is 23.6 Å². The maximum atomic E-state index is 12.0. The molecular weight excluding hydrogens is 324 g/mol. The molecule has 126 valence electrons. The van der Waals surface area contributed by atoms with Crippen molar-refractivity contribution in [2.24, 2.45) is 5.73 Å². The van der Waals surface area contributed by atoms with E-state index in [1.165, 1.54) is 5.56 Å². The Kier molecular flexibility index (Phi) is 6.14. The van der Waals surface area contributed by atoms with Gasteiger partial charge >= 0.3 is 0 Å². The van der Waals surface area contributed by atoms with Crippen LogP contribution in [-0.4, -0.2) is 17.6 Å². The standard InChI is InChI=1S/C18H20N2O3S/c1-3-22-16-10-14(17(21)20-18(19)24)7-8-15(16)23-11-13-6-4-5-12(2)9-13/h4-10H,3,11H2,1-2H3,(H3,19,20,21,24). The lowest BCUT2D eigenvalue weighted by molar-refractivity contribution is 0.0977. The number of aryl methyl sites for hydroxylation is 1. The summed E-state index contributed by atoms with van der Waals surface area (Å²) in [5, 5.41) is 2.31. The number of rotatable bonds is 6. The van der Waals surface area contributed by atoms with Crippen LogP contribution in [0.3, 0.4) is 0 Å². The summed E-state index contributed by atoms with van der Waals surface area (Å²) in [6.07, 6.45) is 0. The third-order valence-corrected chi connectivity index (χ3v) is 3.32. The van der Waals surface area contributed by atoms with Crippen LogP contribution in [-0.2, 0) is 6.61 Å². The summed E-state index contributed by atoms with van der Waals surface area (Å²) < 4.78 is 11.4. The molecule has 0 atom stereocenters. The molecule has 0 aliphatic carbocycles. The third kappa shape index (κ3) is 4.96. The number of benzene rings is 2. The Labute approximate surface area is 146 Å². The Balaban J connectivity index is 2.16. The smallest absolute Gasteiger partial charge is 0.257 e. The highest BCUT2D eigenvalue weighted by Gasteiger charge is 2.12. The molecule has 5 nitrogen and oxygen atoms in total. The zero-order valence-corrected chi connectivity index (χ0v) is 14.5. The molecule has 6 heteroatoms. The van der Waals surface area contributed by atoms with Crippen LogP contribution in [0.25, 0.3) is 0 Å². The third-order valence-electron chi connectivity index (χ3n) is 3.22. The number of hydrogen-bond acceptors (Lipinski definition) is 4. The molecule has 0 heterocycles. The van der Waals surface area contributed by atoms with Crippen LogP contribution in [0.5, 0.6) is 11.5 Å². The first-order valence-electron chi connectivity index (χ1n) is 7.55. The summed E-state index contributed by atoms with van der Waals surface area (Å²) in [5.41, 5.74) is 7.96. The summed E-state index contributed by atoms with van der Waals surface area (Å²) in [5.74, 6) is 0.694. The predicted octanol–water partition coefficient (Wildman–Crippen LogP) is 2.95. The number of nitrogens with two attached hydrogens (primary N) is 1. The van der Waals surface area contributed by atoms with E-state index in [-0.39, 0.29) is 11.0 Å². The van der Waals surface area contributed by atoms with Gasteiger partial charge in [0.05, 0.1) is 6.61 Å². The van der Waals surface area contributed by atoms with Crippen LogP contribution >= 0.6 is 12.2 Å². The monoisotopic (exact) mass is 344 g/mol. The molecule has 0 aliphatic heterocycles. The molecule has 0 fully saturated rings. The molecule has 3 N–H and O–H groups in total. The Bertz CT molecular complexity index is 747. The van der Waals surface area contributed by atoms with Crippen LogP contribution in [0, 0.1) is 6.92 Å². The molecule has 0 spiro atoms. The molecule has 0 aromatic heterocycles. The van der Waals surface area contributed by atoms with Gasteiger partial charge in [-0.15, -0.1) is 0 Å². The van der Waals surface area contributed by atoms with Gasteiger partial charge in [0, 0.05) is 5.56 Å². The molecule has 0 unspecified atom stereocenters. The highest BCUT2D eigenvalue weighted by Crippen LogP contribution is 2.29. The number of carbonyl (C=O) groups excluding carboxylic acids is 1. The van der Waals surface area contributed by atoms with Gasteiger partial charge in [0.2, 0.25) is 0 Å². The molecular formula is C18H20N2O3S. The van der Waals surface area contributed by atoms with Crippen LogP contribution < -0.4 is 20.5 Å². The van der Waals surface area contributed by atoms with E-state index in [4.69, 9.17) is 15.2 Å². The quantitative estimate of drug-likeness (QED) is 0.788. The van der Waals surface area contributed by atoms with Crippen molar-refractivity contribution in [3.63, 3.8) is 0 Å². The van der Waals surface area contributed by atoms with E-state index in [0.717, 1.165) is 5.56 Å². The summed E-state index contributed by atoms with van der Waals surface area (Å²) in [6, 6.07) is 13.0. The van der Waals surface area contributed by atoms with Crippen molar-refractivity contribution in [1.29, 1.82) is 0 Å². The van der Waals surface area contributed by atoms with Crippen molar-refractivity contribution in [2.75, 3.05) is 6.61 Å². The molecule has 1 amide bonds. The van der Waals surface area contributed by atoms with E-state index in [1.54, 1.807) is 18.2 Å².